The van der Waals surface area contributed by atoms with E-state index >= 15 is 0 Å². The quantitative estimate of drug-likeness (QED) is 0.146. The van der Waals surface area contributed by atoms with Crippen molar-refractivity contribution in [3.8, 4) is 10.4 Å². The number of thioether (sulfide) groups is 1. The molecule has 4 rings (SSSR count). The SMILES string of the molecule is Cl.Cn1cnnc1SCCCS(=O)(=O)N1CCN(S(=O)(=O)c2ccc(-c3ccc(F)cc3)s2)[C@@H](C(=O)NO)C1. The number of aryl methyl sites for hydroxylation is 1. The Morgan fingerprint density at radius 1 is 1.18 bits per heavy atom. The van der Waals surface area contributed by atoms with Crippen molar-refractivity contribution in [2.75, 3.05) is 31.1 Å². The third kappa shape index (κ3) is 7.15. The average Bonchev–Trinajstić information content (AvgIpc) is 3.56. The molecule has 3 heterocycles. The lowest BCUT2D eigenvalue weighted by atomic mass is 10.2. The number of sulfonamides is 2. The standard InChI is InChI=1S/C21H25FN6O6S4.ClH/c1-26-14-23-24-21(26)35-11-2-12-37(31,32)27-9-10-28(17(13-27)20(29)25-30)38(33,34)19-8-7-18(36-19)15-3-5-16(22)6-4-15;/h3-8,14,17,30H,2,9-13H2,1H3,(H,25,29);1H/t17-;/m1./s1. The Hall–Kier alpha value is -2.12. The van der Waals surface area contributed by atoms with E-state index in [-0.39, 0.29) is 35.5 Å². The zero-order valence-corrected chi connectivity index (χ0v) is 24.6. The van der Waals surface area contributed by atoms with Crippen molar-refractivity contribution in [2.24, 2.45) is 7.05 Å². The molecule has 18 heteroatoms. The first-order valence-electron chi connectivity index (χ1n) is 11.3. The van der Waals surface area contributed by atoms with Gasteiger partial charge in [0.2, 0.25) is 10.0 Å². The lowest BCUT2D eigenvalue weighted by Gasteiger charge is -2.38. The first-order chi connectivity index (χ1) is 18.0. The fourth-order valence-corrected chi connectivity index (χ4v) is 9.37. The number of hydrogen-bond donors (Lipinski definition) is 2. The van der Waals surface area contributed by atoms with Crippen molar-refractivity contribution in [2.45, 2.75) is 21.8 Å². The molecule has 1 amide bonds. The molecule has 214 valence electrons. The van der Waals surface area contributed by atoms with Gasteiger partial charge in [-0.1, -0.05) is 23.9 Å². The normalized spacial score (nSPS) is 17.1. The van der Waals surface area contributed by atoms with Crippen LogP contribution in [0.25, 0.3) is 10.4 Å². The molecule has 1 aliphatic heterocycles. The number of piperazine rings is 1. The van der Waals surface area contributed by atoms with Crippen molar-refractivity contribution in [3.05, 3.63) is 48.5 Å². The van der Waals surface area contributed by atoms with E-state index in [1.165, 1.54) is 47.6 Å². The summed E-state index contributed by atoms with van der Waals surface area (Å²) >= 11 is 2.30. The molecule has 1 saturated heterocycles. The lowest BCUT2D eigenvalue weighted by molar-refractivity contribution is -0.134. The fraction of sp³-hybridized carbons (Fsp3) is 0.381. The van der Waals surface area contributed by atoms with Crippen LogP contribution in [0.5, 0.6) is 0 Å². The number of hydroxylamine groups is 1. The third-order valence-corrected chi connectivity index (χ3v) is 12.4. The molecule has 0 aliphatic carbocycles. The van der Waals surface area contributed by atoms with E-state index in [9.17, 15) is 31.2 Å². The molecule has 2 N–H and O–H groups in total. The van der Waals surface area contributed by atoms with Crippen LogP contribution in [-0.2, 0) is 31.9 Å². The number of hydrogen-bond acceptors (Lipinski definition) is 10. The molecular formula is C21H26ClFN6O6S4. The second-order valence-electron chi connectivity index (χ2n) is 8.33. The van der Waals surface area contributed by atoms with E-state index in [4.69, 9.17) is 0 Å². The molecule has 2 aromatic heterocycles. The summed E-state index contributed by atoms with van der Waals surface area (Å²) in [5.74, 6) is -1.20. The maximum atomic E-state index is 13.5. The van der Waals surface area contributed by atoms with Gasteiger partial charge in [0, 0.05) is 37.3 Å². The zero-order valence-electron chi connectivity index (χ0n) is 20.5. The van der Waals surface area contributed by atoms with Gasteiger partial charge in [-0.25, -0.2) is 26.7 Å². The highest BCUT2D eigenvalue weighted by molar-refractivity contribution is 7.99. The summed E-state index contributed by atoms with van der Waals surface area (Å²) < 4.78 is 69.7. The van der Waals surface area contributed by atoms with Crippen LogP contribution in [0.4, 0.5) is 4.39 Å². The van der Waals surface area contributed by atoms with Crippen molar-refractivity contribution in [1.29, 1.82) is 0 Å². The predicted molar refractivity (Wildman–Crippen MR) is 146 cm³/mol. The minimum Gasteiger partial charge on any atom is -0.312 e. The summed E-state index contributed by atoms with van der Waals surface area (Å²) in [7, 11) is -6.25. The van der Waals surface area contributed by atoms with Crippen molar-refractivity contribution in [3.63, 3.8) is 0 Å². The molecule has 1 aromatic carbocycles. The number of carbonyl (C=O) groups is 1. The largest absolute Gasteiger partial charge is 0.312 e. The zero-order chi connectivity index (χ0) is 27.5. The Kier molecular flexibility index (Phi) is 10.5. The van der Waals surface area contributed by atoms with E-state index in [1.807, 2.05) is 0 Å². The molecule has 0 saturated carbocycles. The molecule has 1 fully saturated rings. The van der Waals surface area contributed by atoms with E-state index in [1.54, 1.807) is 24.0 Å². The Balaban J connectivity index is 0.00000420. The second-order valence-corrected chi connectivity index (χ2v) is 14.7. The van der Waals surface area contributed by atoms with Crippen molar-refractivity contribution in [1.82, 2.24) is 28.9 Å². The number of carbonyl (C=O) groups excluding carboxylic acids is 1. The second kappa shape index (κ2) is 13.0. The van der Waals surface area contributed by atoms with Gasteiger partial charge in [0.15, 0.2) is 5.16 Å². The summed E-state index contributed by atoms with van der Waals surface area (Å²) in [5, 5.41) is 17.6. The smallest absolute Gasteiger partial charge is 0.263 e. The highest BCUT2D eigenvalue weighted by Crippen LogP contribution is 2.34. The van der Waals surface area contributed by atoms with E-state index in [2.05, 4.69) is 10.2 Å². The van der Waals surface area contributed by atoms with Crippen LogP contribution in [0.3, 0.4) is 0 Å². The van der Waals surface area contributed by atoms with Crippen LogP contribution < -0.4 is 5.48 Å². The molecule has 3 aromatic rings. The molecular weight excluding hydrogens is 615 g/mol. The van der Waals surface area contributed by atoms with Crippen LogP contribution in [0.2, 0.25) is 0 Å². The molecule has 0 radical (unpaired) electrons. The van der Waals surface area contributed by atoms with Crippen LogP contribution in [0.1, 0.15) is 6.42 Å². The third-order valence-electron chi connectivity index (χ3n) is 5.82. The minimum absolute atomic E-state index is 0. The van der Waals surface area contributed by atoms with Crippen LogP contribution in [0, 0.1) is 5.82 Å². The Morgan fingerprint density at radius 2 is 1.90 bits per heavy atom. The number of aromatic nitrogens is 3. The molecule has 39 heavy (non-hydrogen) atoms. The van der Waals surface area contributed by atoms with Gasteiger partial charge in [0.1, 0.15) is 22.4 Å². The van der Waals surface area contributed by atoms with Gasteiger partial charge in [-0.15, -0.1) is 33.9 Å². The van der Waals surface area contributed by atoms with E-state index < -0.39 is 44.4 Å². The van der Waals surface area contributed by atoms with Gasteiger partial charge in [-0.05, 0) is 36.2 Å². The summed E-state index contributed by atoms with van der Waals surface area (Å²) in [4.78, 5) is 13.0. The summed E-state index contributed by atoms with van der Waals surface area (Å²) in [6.07, 6.45) is 1.84. The summed E-state index contributed by atoms with van der Waals surface area (Å²) in [6.45, 7) is -0.874. The van der Waals surface area contributed by atoms with Gasteiger partial charge in [-0.2, -0.15) is 8.61 Å². The topological polar surface area (TPSA) is 155 Å². The van der Waals surface area contributed by atoms with Gasteiger partial charge < -0.3 is 4.57 Å². The average molecular weight is 641 g/mol. The fourth-order valence-electron chi connectivity index (χ4n) is 3.85. The molecule has 0 spiro atoms. The van der Waals surface area contributed by atoms with Gasteiger partial charge in [0.05, 0.1) is 5.75 Å². The van der Waals surface area contributed by atoms with Crippen LogP contribution in [-0.4, -0.2) is 88.5 Å². The Morgan fingerprint density at radius 3 is 2.54 bits per heavy atom. The summed E-state index contributed by atoms with van der Waals surface area (Å²) in [5.41, 5.74) is 2.07. The molecule has 1 aliphatic rings. The number of halogens is 2. The van der Waals surface area contributed by atoms with Crippen LogP contribution >= 0.6 is 35.5 Å². The van der Waals surface area contributed by atoms with Crippen molar-refractivity contribution < 1.29 is 31.2 Å². The van der Waals surface area contributed by atoms with E-state index in [0.29, 0.717) is 27.8 Å². The maximum Gasteiger partial charge on any atom is 0.263 e. The minimum atomic E-state index is -4.21. The monoisotopic (exact) mass is 640 g/mol. The Bertz CT molecular complexity index is 1500. The highest BCUT2D eigenvalue weighted by Gasteiger charge is 2.43. The van der Waals surface area contributed by atoms with Gasteiger partial charge in [-0.3, -0.25) is 10.0 Å². The maximum absolute atomic E-state index is 13.5. The number of amides is 1. The summed E-state index contributed by atoms with van der Waals surface area (Å²) in [6, 6.07) is 7.05. The number of nitrogens with zero attached hydrogens (tertiary/aromatic N) is 5. The number of rotatable bonds is 10. The number of nitrogens with one attached hydrogen (secondary N) is 1. The van der Waals surface area contributed by atoms with Crippen LogP contribution in [0.15, 0.2) is 52.1 Å². The molecule has 0 unspecified atom stereocenters. The van der Waals surface area contributed by atoms with E-state index in [0.717, 1.165) is 19.9 Å². The molecule has 12 nitrogen and oxygen atoms in total. The van der Waals surface area contributed by atoms with Crippen molar-refractivity contribution >= 4 is 61.5 Å². The lowest BCUT2D eigenvalue weighted by Crippen LogP contribution is -2.61. The van der Waals surface area contributed by atoms with Gasteiger partial charge in [0.25, 0.3) is 15.9 Å². The molecule has 0 bridgehead atoms. The first kappa shape index (κ1) is 31.4. The Labute approximate surface area is 239 Å². The predicted octanol–water partition coefficient (Wildman–Crippen LogP) is 1.80. The first-order valence-corrected chi connectivity index (χ1v) is 16.1. The highest BCUT2D eigenvalue weighted by atomic mass is 35.5. The van der Waals surface area contributed by atoms with Gasteiger partial charge >= 0.3 is 0 Å². The number of thiophene rings is 1. The number of benzene rings is 1. The molecule has 1 atom stereocenters.